The number of pyridine rings is 1. The van der Waals surface area contributed by atoms with Gasteiger partial charge in [-0.05, 0) is 42.3 Å². The summed E-state index contributed by atoms with van der Waals surface area (Å²) in [5.41, 5.74) is 2.35. The van der Waals surface area contributed by atoms with Crippen LogP contribution in [0.2, 0.25) is 0 Å². The van der Waals surface area contributed by atoms with Crippen LogP contribution in [0.15, 0.2) is 47.5 Å². The zero-order valence-electron chi connectivity index (χ0n) is 11.4. The van der Waals surface area contributed by atoms with Crippen molar-refractivity contribution in [2.75, 3.05) is 0 Å². The molecule has 3 aromatic rings. The van der Waals surface area contributed by atoms with Crippen molar-refractivity contribution in [1.82, 2.24) is 14.8 Å². The molecular weight excluding hydrogens is 264 g/mol. The molecule has 0 spiro atoms. The Hall–Kier alpha value is -3.00. The van der Waals surface area contributed by atoms with Crippen LogP contribution in [0.25, 0.3) is 22.0 Å². The molecular formula is C16H12N4O. The van der Waals surface area contributed by atoms with Crippen LogP contribution < -0.4 is 5.43 Å². The summed E-state index contributed by atoms with van der Waals surface area (Å²) in [6.07, 6.45) is 3.45. The van der Waals surface area contributed by atoms with Crippen LogP contribution in [0.4, 0.5) is 0 Å². The van der Waals surface area contributed by atoms with Gasteiger partial charge >= 0.3 is 0 Å². The lowest BCUT2D eigenvalue weighted by molar-refractivity contribution is 0.663. The van der Waals surface area contributed by atoms with E-state index in [1.165, 1.54) is 0 Å². The van der Waals surface area contributed by atoms with Crippen molar-refractivity contribution in [2.45, 2.75) is 13.5 Å². The Morgan fingerprint density at radius 2 is 1.95 bits per heavy atom. The fraction of sp³-hybridized carbons (Fsp3) is 0.125. The molecule has 2 aromatic heterocycles. The molecule has 3 rings (SSSR count). The largest absolute Gasteiger partial charge is 0.286 e. The molecule has 0 aliphatic rings. The van der Waals surface area contributed by atoms with Gasteiger partial charge in [0.15, 0.2) is 0 Å². The summed E-state index contributed by atoms with van der Waals surface area (Å²) >= 11 is 0. The average molecular weight is 276 g/mol. The van der Waals surface area contributed by atoms with E-state index in [2.05, 4.69) is 10.1 Å². The number of aryl methyl sites for hydroxylation is 1. The molecule has 1 aromatic carbocycles. The van der Waals surface area contributed by atoms with E-state index in [0.29, 0.717) is 11.9 Å². The second-order valence-corrected chi connectivity index (χ2v) is 4.57. The van der Waals surface area contributed by atoms with Crippen LogP contribution in [0, 0.1) is 11.3 Å². The summed E-state index contributed by atoms with van der Waals surface area (Å²) in [7, 11) is 0. The van der Waals surface area contributed by atoms with Crippen molar-refractivity contribution >= 4 is 10.9 Å². The maximum absolute atomic E-state index is 12.2. The number of aromatic nitrogens is 3. The highest BCUT2D eigenvalue weighted by atomic mass is 16.1. The zero-order chi connectivity index (χ0) is 14.8. The summed E-state index contributed by atoms with van der Waals surface area (Å²) in [6, 6.07) is 11.2. The third-order valence-electron chi connectivity index (χ3n) is 3.38. The summed E-state index contributed by atoms with van der Waals surface area (Å²) in [6.45, 7) is 2.52. The first-order chi connectivity index (χ1) is 10.2. The standard InChI is InChI=1S/C16H12N4O/c1-2-20-15-9-12(11-5-7-18-8-6-11)3-4-13(15)16(21)14(10-17)19-20/h3-9H,2H2,1H3. The van der Waals surface area contributed by atoms with Crippen LogP contribution >= 0.6 is 0 Å². The maximum atomic E-state index is 12.2. The van der Waals surface area contributed by atoms with Crippen molar-refractivity contribution in [2.24, 2.45) is 0 Å². The average Bonchev–Trinajstić information content (AvgIpc) is 2.56. The molecule has 102 valence electrons. The molecule has 0 bridgehead atoms. The third kappa shape index (κ3) is 2.17. The predicted molar refractivity (Wildman–Crippen MR) is 79.6 cm³/mol. The van der Waals surface area contributed by atoms with E-state index in [-0.39, 0.29) is 11.1 Å². The molecule has 21 heavy (non-hydrogen) atoms. The summed E-state index contributed by atoms with van der Waals surface area (Å²) in [5.74, 6) is 0. The SMILES string of the molecule is CCn1nc(C#N)c(=O)c2ccc(-c3ccncc3)cc21. The van der Waals surface area contributed by atoms with Gasteiger partial charge in [-0.2, -0.15) is 10.4 Å². The van der Waals surface area contributed by atoms with Crippen LogP contribution in [0.3, 0.4) is 0 Å². The van der Waals surface area contributed by atoms with Gasteiger partial charge in [0, 0.05) is 18.9 Å². The minimum Gasteiger partial charge on any atom is -0.286 e. The van der Waals surface area contributed by atoms with Crippen molar-refractivity contribution in [3.8, 4) is 17.2 Å². The lowest BCUT2D eigenvalue weighted by atomic mass is 10.0. The second kappa shape index (κ2) is 5.17. The third-order valence-corrected chi connectivity index (χ3v) is 3.38. The van der Waals surface area contributed by atoms with Crippen molar-refractivity contribution < 1.29 is 0 Å². The lowest BCUT2D eigenvalue weighted by Gasteiger charge is -2.09. The Morgan fingerprint density at radius 3 is 2.62 bits per heavy atom. The highest BCUT2D eigenvalue weighted by molar-refractivity contribution is 5.84. The molecule has 5 heteroatoms. The number of rotatable bonds is 2. The van der Waals surface area contributed by atoms with E-state index in [9.17, 15) is 4.79 Å². The first-order valence-electron chi connectivity index (χ1n) is 6.60. The highest BCUT2D eigenvalue weighted by Crippen LogP contribution is 2.22. The molecule has 0 saturated carbocycles. The van der Waals surface area contributed by atoms with Gasteiger partial charge in [0.25, 0.3) is 0 Å². The number of nitriles is 1. The minimum absolute atomic E-state index is 0.0685. The smallest absolute Gasteiger partial charge is 0.226 e. The number of hydrogen-bond acceptors (Lipinski definition) is 4. The summed E-state index contributed by atoms with van der Waals surface area (Å²) in [4.78, 5) is 16.2. The fourth-order valence-electron chi connectivity index (χ4n) is 2.32. The van der Waals surface area contributed by atoms with Crippen molar-refractivity contribution in [3.63, 3.8) is 0 Å². The van der Waals surface area contributed by atoms with E-state index in [1.54, 1.807) is 23.1 Å². The molecule has 0 aliphatic carbocycles. The van der Waals surface area contributed by atoms with Gasteiger partial charge in [-0.15, -0.1) is 0 Å². The van der Waals surface area contributed by atoms with Gasteiger partial charge in [0.2, 0.25) is 11.1 Å². The maximum Gasteiger partial charge on any atom is 0.226 e. The van der Waals surface area contributed by atoms with E-state index in [1.807, 2.05) is 37.3 Å². The minimum atomic E-state index is -0.321. The first kappa shape index (κ1) is 13.0. The molecule has 0 N–H and O–H groups in total. The fourth-order valence-corrected chi connectivity index (χ4v) is 2.32. The van der Waals surface area contributed by atoms with Gasteiger partial charge in [-0.1, -0.05) is 6.07 Å². The van der Waals surface area contributed by atoms with E-state index in [4.69, 9.17) is 5.26 Å². The molecule has 0 fully saturated rings. The Morgan fingerprint density at radius 1 is 1.19 bits per heavy atom. The highest BCUT2D eigenvalue weighted by Gasteiger charge is 2.10. The zero-order valence-corrected chi connectivity index (χ0v) is 11.4. The molecule has 2 heterocycles. The lowest BCUT2D eigenvalue weighted by Crippen LogP contribution is -2.16. The molecule has 0 aliphatic heterocycles. The Balaban J connectivity index is 2.32. The first-order valence-corrected chi connectivity index (χ1v) is 6.60. The number of benzene rings is 1. The molecule has 0 amide bonds. The van der Waals surface area contributed by atoms with E-state index < -0.39 is 0 Å². The van der Waals surface area contributed by atoms with Gasteiger partial charge < -0.3 is 0 Å². The molecule has 0 unspecified atom stereocenters. The monoisotopic (exact) mass is 276 g/mol. The van der Waals surface area contributed by atoms with Gasteiger partial charge in [-0.25, -0.2) is 0 Å². The quantitative estimate of drug-likeness (QED) is 0.720. The van der Waals surface area contributed by atoms with E-state index in [0.717, 1.165) is 16.6 Å². The van der Waals surface area contributed by atoms with Crippen LogP contribution in [-0.2, 0) is 6.54 Å². The van der Waals surface area contributed by atoms with Crippen LogP contribution in [0.1, 0.15) is 12.6 Å². The number of nitrogens with zero attached hydrogens (tertiary/aromatic N) is 4. The topological polar surface area (TPSA) is 71.6 Å². The Kier molecular flexibility index (Phi) is 3.20. The van der Waals surface area contributed by atoms with Crippen LogP contribution in [0.5, 0.6) is 0 Å². The van der Waals surface area contributed by atoms with Crippen molar-refractivity contribution in [1.29, 1.82) is 5.26 Å². The van der Waals surface area contributed by atoms with E-state index >= 15 is 0 Å². The number of hydrogen-bond donors (Lipinski definition) is 0. The van der Waals surface area contributed by atoms with Gasteiger partial charge in [0.1, 0.15) is 6.07 Å². The second-order valence-electron chi connectivity index (χ2n) is 4.57. The number of fused-ring (bicyclic) bond motifs is 1. The van der Waals surface area contributed by atoms with Gasteiger partial charge in [-0.3, -0.25) is 14.5 Å². The Labute approximate surface area is 121 Å². The van der Waals surface area contributed by atoms with Crippen LogP contribution in [-0.4, -0.2) is 14.8 Å². The predicted octanol–water partition coefficient (Wildman–Crippen LogP) is 2.35. The molecule has 0 atom stereocenters. The summed E-state index contributed by atoms with van der Waals surface area (Å²) in [5, 5.41) is 13.6. The normalized spacial score (nSPS) is 10.5. The molecule has 0 saturated heterocycles. The summed E-state index contributed by atoms with van der Waals surface area (Å²) < 4.78 is 1.68. The van der Waals surface area contributed by atoms with Crippen molar-refractivity contribution in [3.05, 3.63) is 58.6 Å². The Bertz CT molecular complexity index is 907. The van der Waals surface area contributed by atoms with Gasteiger partial charge in [0.05, 0.1) is 10.9 Å². The molecule has 5 nitrogen and oxygen atoms in total. The molecule has 0 radical (unpaired) electrons.